The van der Waals surface area contributed by atoms with Gasteiger partial charge in [0.05, 0.1) is 6.20 Å². The van der Waals surface area contributed by atoms with Gasteiger partial charge in [-0.3, -0.25) is 4.98 Å². The minimum atomic E-state index is 0.457. The maximum absolute atomic E-state index is 5.66. The summed E-state index contributed by atoms with van der Waals surface area (Å²) in [6, 6.07) is 14.1. The Morgan fingerprint density at radius 1 is 1.06 bits per heavy atom. The van der Waals surface area contributed by atoms with Gasteiger partial charge in [-0.25, -0.2) is 0 Å². The molecule has 0 radical (unpaired) electrons. The molecule has 88 valence electrons. The van der Waals surface area contributed by atoms with Crippen LogP contribution < -0.4 is 4.74 Å². The second kappa shape index (κ2) is 5.48. The largest absolute Gasteiger partial charge is 0.487 e. The number of ether oxygens (including phenoxy) is 1. The molecular formula is C15H17NO. The molecule has 0 N–H and O–H groups in total. The first kappa shape index (κ1) is 11.6. The van der Waals surface area contributed by atoms with E-state index >= 15 is 0 Å². The zero-order valence-corrected chi connectivity index (χ0v) is 10.3. The Hall–Kier alpha value is -1.83. The van der Waals surface area contributed by atoms with Gasteiger partial charge in [-0.1, -0.05) is 44.2 Å². The van der Waals surface area contributed by atoms with E-state index in [1.807, 2.05) is 30.3 Å². The van der Waals surface area contributed by atoms with Crippen LogP contribution in [0.5, 0.6) is 5.75 Å². The van der Waals surface area contributed by atoms with Gasteiger partial charge < -0.3 is 4.74 Å². The minimum Gasteiger partial charge on any atom is -0.487 e. The zero-order chi connectivity index (χ0) is 12.1. The maximum atomic E-state index is 5.66. The summed E-state index contributed by atoms with van der Waals surface area (Å²) >= 11 is 0. The van der Waals surface area contributed by atoms with Crippen molar-refractivity contribution in [2.24, 2.45) is 0 Å². The summed E-state index contributed by atoms with van der Waals surface area (Å²) in [5.41, 5.74) is 2.26. The zero-order valence-electron chi connectivity index (χ0n) is 10.3. The van der Waals surface area contributed by atoms with Crippen LogP contribution in [0.15, 0.2) is 48.7 Å². The first-order chi connectivity index (χ1) is 8.25. The average Bonchev–Trinajstić information content (AvgIpc) is 2.38. The molecule has 0 unspecified atom stereocenters. The van der Waals surface area contributed by atoms with Crippen molar-refractivity contribution in [1.29, 1.82) is 0 Å². The van der Waals surface area contributed by atoms with Gasteiger partial charge in [0, 0.05) is 5.69 Å². The number of hydrogen-bond acceptors (Lipinski definition) is 2. The van der Waals surface area contributed by atoms with E-state index in [2.05, 4.69) is 31.0 Å². The van der Waals surface area contributed by atoms with Gasteiger partial charge in [-0.15, -0.1) is 0 Å². The molecule has 0 aliphatic heterocycles. The fourth-order valence-electron chi connectivity index (χ4n) is 1.56. The maximum Gasteiger partial charge on any atom is 0.138 e. The number of pyridine rings is 1. The Balaban J connectivity index is 1.96. The molecular weight excluding hydrogens is 210 g/mol. The lowest BCUT2D eigenvalue weighted by Gasteiger charge is -2.08. The third kappa shape index (κ3) is 3.31. The van der Waals surface area contributed by atoms with Gasteiger partial charge in [0.1, 0.15) is 12.4 Å². The molecule has 0 atom stereocenters. The standard InChI is InChI=1S/C15H17NO/c1-12(2)15-9-8-14(10-16-15)17-11-13-6-4-3-5-7-13/h3-10,12H,11H2,1-2H3. The molecule has 0 saturated carbocycles. The van der Waals surface area contributed by atoms with Crippen molar-refractivity contribution in [3.63, 3.8) is 0 Å². The topological polar surface area (TPSA) is 22.1 Å². The summed E-state index contributed by atoms with van der Waals surface area (Å²) in [7, 11) is 0. The van der Waals surface area contributed by atoms with Crippen molar-refractivity contribution in [3.05, 3.63) is 59.9 Å². The third-order valence-corrected chi connectivity index (χ3v) is 2.60. The molecule has 17 heavy (non-hydrogen) atoms. The number of hydrogen-bond donors (Lipinski definition) is 0. The first-order valence-corrected chi connectivity index (χ1v) is 5.88. The number of rotatable bonds is 4. The second-order valence-corrected chi connectivity index (χ2v) is 4.35. The average molecular weight is 227 g/mol. The Bertz CT molecular complexity index is 448. The first-order valence-electron chi connectivity index (χ1n) is 5.88. The fraction of sp³-hybridized carbons (Fsp3) is 0.267. The van der Waals surface area contributed by atoms with Crippen LogP contribution in [-0.4, -0.2) is 4.98 Å². The van der Waals surface area contributed by atoms with E-state index in [-0.39, 0.29) is 0 Å². The van der Waals surface area contributed by atoms with Gasteiger partial charge in [-0.05, 0) is 23.6 Å². The van der Waals surface area contributed by atoms with E-state index in [1.165, 1.54) is 5.56 Å². The lowest BCUT2D eigenvalue weighted by atomic mass is 10.1. The van der Waals surface area contributed by atoms with E-state index in [1.54, 1.807) is 6.20 Å². The van der Waals surface area contributed by atoms with Crippen molar-refractivity contribution >= 4 is 0 Å². The second-order valence-electron chi connectivity index (χ2n) is 4.35. The lowest BCUT2D eigenvalue weighted by molar-refractivity contribution is 0.304. The van der Waals surface area contributed by atoms with Crippen LogP contribution in [0.3, 0.4) is 0 Å². The van der Waals surface area contributed by atoms with Crippen LogP contribution in [0.4, 0.5) is 0 Å². The van der Waals surface area contributed by atoms with Crippen molar-refractivity contribution in [2.45, 2.75) is 26.4 Å². The number of nitrogens with zero attached hydrogens (tertiary/aromatic N) is 1. The van der Waals surface area contributed by atoms with Gasteiger partial charge in [0.2, 0.25) is 0 Å². The molecule has 2 heteroatoms. The molecule has 0 fully saturated rings. The van der Waals surface area contributed by atoms with Gasteiger partial charge in [-0.2, -0.15) is 0 Å². The van der Waals surface area contributed by atoms with Crippen LogP contribution in [-0.2, 0) is 6.61 Å². The van der Waals surface area contributed by atoms with Gasteiger partial charge >= 0.3 is 0 Å². The Labute approximate surface area is 102 Å². The fourth-order valence-corrected chi connectivity index (χ4v) is 1.56. The number of aromatic nitrogens is 1. The monoisotopic (exact) mass is 227 g/mol. The van der Waals surface area contributed by atoms with E-state index in [9.17, 15) is 0 Å². The molecule has 2 rings (SSSR count). The molecule has 0 saturated heterocycles. The smallest absolute Gasteiger partial charge is 0.138 e. The van der Waals surface area contributed by atoms with Crippen LogP contribution >= 0.6 is 0 Å². The molecule has 1 aromatic heterocycles. The quantitative estimate of drug-likeness (QED) is 0.793. The highest BCUT2D eigenvalue weighted by atomic mass is 16.5. The van der Waals surface area contributed by atoms with Crippen LogP contribution in [0.25, 0.3) is 0 Å². The summed E-state index contributed by atoms with van der Waals surface area (Å²) in [6.45, 7) is 4.85. The normalized spacial score (nSPS) is 10.5. The summed E-state index contributed by atoms with van der Waals surface area (Å²) in [6.07, 6.45) is 1.79. The third-order valence-electron chi connectivity index (χ3n) is 2.60. The van der Waals surface area contributed by atoms with Crippen LogP contribution in [0.2, 0.25) is 0 Å². The number of benzene rings is 1. The predicted octanol–water partition coefficient (Wildman–Crippen LogP) is 3.78. The summed E-state index contributed by atoms with van der Waals surface area (Å²) in [4.78, 5) is 4.37. The van der Waals surface area contributed by atoms with Gasteiger partial charge in [0.15, 0.2) is 0 Å². The molecule has 0 bridgehead atoms. The summed E-state index contributed by atoms with van der Waals surface area (Å²) < 4.78 is 5.66. The van der Waals surface area contributed by atoms with Gasteiger partial charge in [0.25, 0.3) is 0 Å². The molecule has 0 aliphatic carbocycles. The molecule has 2 aromatic rings. The summed E-state index contributed by atoms with van der Waals surface area (Å²) in [5.74, 6) is 1.27. The molecule has 0 spiro atoms. The van der Waals surface area contributed by atoms with E-state index < -0.39 is 0 Å². The highest BCUT2D eigenvalue weighted by Gasteiger charge is 2.01. The van der Waals surface area contributed by atoms with Crippen LogP contribution in [0.1, 0.15) is 31.0 Å². The van der Waals surface area contributed by atoms with Crippen molar-refractivity contribution in [2.75, 3.05) is 0 Å². The van der Waals surface area contributed by atoms with Crippen molar-refractivity contribution in [3.8, 4) is 5.75 Å². The molecule has 2 nitrogen and oxygen atoms in total. The van der Waals surface area contributed by atoms with E-state index in [4.69, 9.17) is 4.74 Å². The highest BCUT2D eigenvalue weighted by molar-refractivity contribution is 5.22. The Morgan fingerprint density at radius 2 is 1.82 bits per heavy atom. The summed E-state index contributed by atoms with van der Waals surface area (Å²) in [5, 5.41) is 0. The van der Waals surface area contributed by atoms with Crippen LogP contribution in [0, 0.1) is 0 Å². The molecule has 0 aliphatic rings. The van der Waals surface area contributed by atoms with Crippen molar-refractivity contribution in [1.82, 2.24) is 4.98 Å². The molecule has 1 aromatic carbocycles. The van der Waals surface area contributed by atoms with E-state index in [0.29, 0.717) is 12.5 Å². The molecule has 0 amide bonds. The van der Waals surface area contributed by atoms with E-state index in [0.717, 1.165) is 11.4 Å². The Kier molecular flexibility index (Phi) is 3.76. The minimum absolute atomic E-state index is 0.457. The van der Waals surface area contributed by atoms with Crippen molar-refractivity contribution < 1.29 is 4.74 Å². The SMILES string of the molecule is CC(C)c1ccc(OCc2ccccc2)cn1. The molecule has 1 heterocycles. The predicted molar refractivity (Wildman–Crippen MR) is 69.1 cm³/mol. The Morgan fingerprint density at radius 3 is 2.41 bits per heavy atom. The lowest BCUT2D eigenvalue weighted by Crippen LogP contribution is -1.97. The highest BCUT2D eigenvalue weighted by Crippen LogP contribution is 2.16.